The van der Waals surface area contributed by atoms with Crippen molar-refractivity contribution in [1.29, 1.82) is 0 Å². The van der Waals surface area contributed by atoms with Gasteiger partial charge in [-0.2, -0.15) is 0 Å². The van der Waals surface area contributed by atoms with E-state index >= 15 is 0 Å². The van der Waals surface area contributed by atoms with Crippen LogP contribution in [0.15, 0.2) is 96.1 Å². The first-order valence-electron chi connectivity index (χ1n) is 19.1. The van der Waals surface area contributed by atoms with Crippen LogP contribution in [0.4, 0.5) is 4.39 Å². The van der Waals surface area contributed by atoms with Gasteiger partial charge in [-0.3, -0.25) is 4.79 Å². The zero-order valence-corrected chi connectivity index (χ0v) is 33.7. The van der Waals surface area contributed by atoms with Gasteiger partial charge in [0.25, 0.3) is 0 Å². The van der Waals surface area contributed by atoms with Crippen LogP contribution in [0.3, 0.4) is 0 Å². The molecule has 0 radical (unpaired) electrons. The molecule has 12 nitrogen and oxygen atoms in total. The number of hydrogen-bond acceptors (Lipinski definition) is 11. The molecule has 4 aromatic carbocycles. The zero-order chi connectivity index (χ0) is 40.6. The van der Waals surface area contributed by atoms with E-state index in [-0.39, 0.29) is 40.0 Å². The Balaban J connectivity index is 0.000000221. The summed E-state index contributed by atoms with van der Waals surface area (Å²) in [5.41, 5.74) is 4.93. The van der Waals surface area contributed by atoms with Crippen LogP contribution < -0.4 is 15.5 Å². The highest BCUT2D eigenvalue weighted by Gasteiger charge is 2.15. The van der Waals surface area contributed by atoms with Crippen LogP contribution in [-0.2, 0) is 34.0 Å². The molecule has 6 N–H and O–H groups in total. The van der Waals surface area contributed by atoms with Crippen LogP contribution in [-0.4, -0.2) is 89.2 Å². The minimum Gasteiger partial charge on any atom is -0.508 e. The SMILES string of the molecule is CC(CCn1cnc2ccccc21)CNCC(O)c1ccc(O)cc1F.O=c1[nH]c2c(O)ccc(CCNCCS(=O)(=O)CCCOCCc3ccccc3)c2s1. The first kappa shape index (κ1) is 43.5. The fraction of sp³-hybridized carbons (Fsp3) is 0.381. The summed E-state index contributed by atoms with van der Waals surface area (Å²) in [6.45, 7) is 6.00. The molecule has 0 saturated carbocycles. The van der Waals surface area contributed by atoms with Crippen molar-refractivity contribution in [3.05, 3.63) is 123 Å². The van der Waals surface area contributed by atoms with Crippen molar-refractivity contribution < 1.29 is 32.9 Å². The lowest BCUT2D eigenvalue weighted by molar-refractivity contribution is 0.138. The Morgan fingerprint density at radius 3 is 2.53 bits per heavy atom. The summed E-state index contributed by atoms with van der Waals surface area (Å²) in [5.74, 6) is -0.0883. The van der Waals surface area contributed by atoms with E-state index in [9.17, 15) is 32.9 Å². The number of aliphatic hydroxyl groups is 1. The van der Waals surface area contributed by atoms with Gasteiger partial charge in [-0.1, -0.05) is 66.8 Å². The molecular formula is C42H52FN5O7S2. The Kier molecular flexibility index (Phi) is 16.6. The van der Waals surface area contributed by atoms with Gasteiger partial charge in [-0.05, 0) is 86.1 Å². The quantitative estimate of drug-likeness (QED) is 0.0492. The number of ether oxygens (including phenoxy) is 1. The van der Waals surface area contributed by atoms with Crippen LogP contribution >= 0.6 is 11.3 Å². The number of aromatic nitrogens is 3. The van der Waals surface area contributed by atoms with Crippen LogP contribution in [0.5, 0.6) is 11.5 Å². The largest absolute Gasteiger partial charge is 0.508 e. The van der Waals surface area contributed by atoms with E-state index < -0.39 is 21.8 Å². The first-order valence-corrected chi connectivity index (χ1v) is 21.8. The summed E-state index contributed by atoms with van der Waals surface area (Å²) >= 11 is 1.07. The molecule has 2 unspecified atom stereocenters. The molecule has 2 heterocycles. The minimum atomic E-state index is -3.12. The number of aliphatic hydroxyl groups excluding tert-OH is 1. The van der Waals surface area contributed by atoms with Crippen molar-refractivity contribution in [3.63, 3.8) is 0 Å². The second-order valence-electron chi connectivity index (χ2n) is 14.0. The molecule has 2 atom stereocenters. The summed E-state index contributed by atoms with van der Waals surface area (Å²) in [5, 5.41) is 35.5. The highest BCUT2D eigenvalue weighted by atomic mass is 32.2. The van der Waals surface area contributed by atoms with E-state index in [0.717, 1.165) is 64.6 Å². The third kappa shape index (κ3) is 13.8. The van der Waals surface area contributed by atoms with E-state index in [1.54, 1.807) is 12.1 Å². The number of fused-ring (bicyclic) bond motifs is 2. The molecular weight excluding hydrogens is 770 g/mol. The van der Waals surface area contributed by atoms with Gasteiger partial charge in [0.15, 0.2) is 9.84 Å². The lowest BCUT2D eigenvalue weighted by atomic mass is 10.1. The van der Waals surface area contributed by atoms with Crippen molar-refractivity contribution in [2.75, 3.05) is 50.9 Å². The van der Waals surface area contributed by atoms with E-state index in [4.69, 9.17) is 4.74 Å². The maximum absolute atomic E-state index is 13.7. The third-order valence-corrected chi connectivity index (χ3v) is 12.2. The third-order valence-electron chi connectivity index (χ3n) is 9.49. The van der Waals surface area contributed by atoms with Crippen molar-refractivity contribution in [2.24, 2.45) is 5.92 Å². The number of H-pyrrole nitrogens is 1. The predicted octanol–water partition coefficient (Wildman–Crippen LogP) is 5.72. The summed E-state index contributed by atoms with van der Waals surface area (Å²) in [7, 11) is -3.12. The average molecular weight is 822 g/mol. The number of halogens is 1. The molecule has 0 saturated heterocycles. The normalized spacial score (nSPS) is 12.8. The van der Waals surface area contributed by atoms with Crippen LogP contribution in [0.1, 0.15) is 42.6 Å². The van der Waals surface area contributed by atoms with Gasteiger partial charge in [0.1, 0.15) is 22.8 Å². The molecule has 0 aliphatic rings. The summed E-state index contributed by atoms with van der Waals surface area (Å²) in [6, 6.07) is 25.2. The first-order chi connectivity index (χ1) is 27.5. The second-order valence-corrected chi connectivity index (χ2v) is 17.3. The van der Waals surface area contributed by atoms with Gasteiger partial charge in [0.2, 0.25) is 0 Å². The minimum absolute atomic E-state index is 0.0557. The Bertz CT molecular complexity index is 2310. The molecule has 15 heteroatoms. The summed E-state index contributed by atoms with van der Waals surface area (Å²) in [4.78, 5) is 18.4. The molecule has 6 rings (SSSR count). The number of sulfone groups is 1. The van der Waals surface area contributed by atoms with Gasteiger partial charge in [-0.15, -0.1) is 0 Å². The van der Waals surface area contributed by atoms with E-state index in [0.29, 0.717) is 50.6 Å². The monoisotopic (exact) mass is 821 g/mol. The number of aryl methyl sites for hydroxylation is 1. The number of nitrogens with one attached hydrogen (secondary N) is 3. The number of phenols is 2. The zero-order valence-electron chi connectivity index (χ0n) is 32.1. The summed E-state index contributed by atoms with van der Waals surface area (Å²) < 4.78 is 46.5. The number of aromatic hydroxyl groups is 2. The number of phenolic OH excluding ortho intramolecular Hbond substituents is 2. The summed E-state index contributed by atoms with van der Waals surface area (Å²) in [6.07, 6.45) is 3.85. The number of aromatic amines is 1. The topological polar surface area (TPSA) is 179 Å². The highest BCUT2D eigenvalue weighted by molar-refractivity contribution is 7.91. The van der Waals surface area contributed by atoms with Gasteiger partial charge < -0.3 is 40.2 Å². The molecule has 2 aromatic heterocycles. The van der Waals surface area contributed by atoms with Gasteiger partial charge in [0, 0.05) is 37.9 Å². The molecule has 0 spiro atoms. The Morgan fingerprint density at radius 2 is 1.72 bits per heavy atom. The number of hydrogen-bond donors (Lipinski definition) is 6. The number of imidazole rings is 1. The standard InChI is InChI=1S/C22H28N2O5S2.C20H24FN3O2/c25-19-8-7-18(21-20(19)24-22(26)30-21)9-11-23-12-16-31(27,28)15-4-13-29-14-10-17-5-2-1-3-6-17;1-14(8-9-24-13-23-18-4-2-3-5-19(18)24)11-22-12-20(26)16-7-6-15(25)10-17(16)21/h1-3,5-8,23,25H,4,9-16H2,(H,24,26);2-7,10,13-14,20,22,25-26H,8-9,11-12H2,1H3. The van der Waals surface area contributed by atoms with Crippen LogP contribution in [0, 0.1) is 11.7 Å². The number of rotatable bonds is 21. The average Bonchev–Trinajstić information content (AvgIpc) is 3.80. The fourth-order valence-electron chi connectivity index (χ4n) is 6.28. The van der Waals surface area contributed by atoms with Gasteiger partial charge in [-0.25, -0.2) is 17.8 Å². The maximum Gasteiger partial charge on any atom is 0.305 e. The number of benzene rings is 4. The van der Waals surface area contributed by atoms with Crippen LogP contribution in [0.25, 0.3) is 21.3 Å². The van der Waals surface area contributed by atoms with Crippen molar-refractivity contribution >= 4 is 42.4 Å². The molecule has 0 fully saturated rings. The van der Waals surface area contributed by atoms with E-state index in [2.05, 4.69) is 38.2 Å². The van der Waals surface area contributed by atoms with E-state index in [1.165, 1.54) is 17.7 Å². The lowest BCUT2D eigenvalue weighted by Crippen LogP contribution is -2.27. The maximum atomic E-state index is 13.7. The molecule has 0 bridgehead atoms. The van der Waals surface area contributed by atoms with E-state index in [1.807, 2.05) is 54.9 Å². The van der Waals surface area contributed by atoms with Gasteiger partial charge >= 0.3 is 4.87 Å². The highest BCUT2D eigenvalue weighted by Crippen LogP contribution is 2.28. The van der Waals surface area contributed by atoms with Gasteiger partial charge in [0.05, 0.1) is 46.3 Å². The predicted molar refractivity (Wildman–Crippen MR) is 224 cm³/mol. The molecule has 0 aliphatic carbocycles. The molecule has 6 aromatic rings. The van der Waals surface area contributed by atoms with Crippen molar-refractivity contribution in [1.82, 2.24) is 25.2 Å². The Morgan fingerprint density at radius 1 is 0.930 bits per heavy atom. The Hall–Kier alpha value is -4.64. The van der Waals surface area contributed by atoms with Crippen LogP contribution in [0.2, 0.25) is 0 Å². The molecule has 57 heavy (non-hydrogen) atoms. The lowest BCUT2D eigenvalue weighted by Gasteiger charge is -2.16. The smallest absolute Gasteiger partial charge is 0.305 e. The Labute approximate surface area is 336 Å². The fourth-order valence-corrected chi connectivity index (χ4v) is 8.39. The van der Waals surface area contributed by atoms with Crippen molar-refractivity contribution in [3.8, 4) is 11.5 Å². The number of para-hydroxylation sites is 2. The number of nitrogens with zero attached hydrogens (tertiary/aromatic N) is 2. The second kappa shape index (κ2) is 21.8. The van der Waals surface area contributed by atoms with Crippen molar-refractivity contribution in [2.45, 2.75) is 45.3 Å². The molecule has 0 aliphatic heterocycles. The molecule has 0 amide bonds. The molecule has 306 valence electrons. The number of thiazole rings is 1.